The molecule has 4 rings (SSSR count). The quantitative estimate of drug-likeness (QED) is 0.593. The second-order valence-electron chi connectivity index (χ2n) is 6.39. The van der Waals surface area contributed by atoms with Gasteiger partial charge in [-0.3, -0.25) is 4.79 Å². The molecule has 4 aromatic rings. The van der Waals surface area contributed by atoms with Crippen LogP contribution in [0.2, 0.25) is 0 Å². The molecule has 1 N–H and O–H groups in total. The maximum Gasteiger partial charge on any atom is 0.252 e. The van der Waals surface area contributed by atoms with Crippen LogP contribution in [0.1, 0.15) is 27.8 Å². The number of hydrogen-bond acceptors (Lipinski definition) is 2. The molecule has 0 aliphatic carbocycles. The topological polar surface area (TPSA) is 46.9 Å². The smallest absolute Gasteiger partial charge is 0.252 e. The number of nitrogens with zero attached hydrogens (tertiary/aromatic N) is 2. The summed E-state index contributed by atoms with van der Waals surface area (Å²) in [4.78, 5) is 17.2. The molecule has 0 radical (unpaired) electrons. The summed E-state index contributed by atoms with van der Waals surface area (Å²) in [6.45, 7) is 0. The third kappa shape index (κ3) is 3.31. The van der Waals surface area contributed by atoms with Crippen molar-refractivity contribution in [2.24, 2.45) is 7.05 Å². The maximum absolute atomic E-state index is 14.4. The standard InChI is InChI=1S/C22H18FN3O/c1-26-13-12-24-21(26)20(18-8-4-5-9-19(18)23)25-22(27)17-11-10-15-6-2-3-7-16(15)14-17/h2-14,20H,1H3,(H,25,27)/t20-/m1/s1. The lowest BCUT2D eigenvalue weighted by molar-refractivity contribution is 0.0941. The van der Waals surface area contributed by atoms with E-state index in [9.17, 15) is 9.18 Å². The lowest BCUT2D eigenvalue weighted by Crippen LogP contribution is -2.31. The summed E-state index contributed by atoms with van der Waals surface area (Å²) in [5.74, 6) is -0.101. The van der Waals surface area contributed by atoms with Gasteiger partial charge in [-0.1, -0.05) is 48.5 Å². The monoisotopic (exact) mass is 359 g/mol. The van der Waals surface area contributed by atoms with Crippen LogP contribution in [0.5, 0.6) is 0 Å². The molecule has 0 spiro atoms. The highest BCUT2D eigenvalue weighted by atomic mass is 19.1. The van der Waals surface area contributed by atoms with Crippen molar-refractivity contribution in [3.05, 3.63) is 102 Å². The van der Waals surface area contributed by atoms with Crippen molar-refractivity contribution in [1.29, 1.82) is 0 Å². The number of carbonyl (C=O) groups excluding carboxylic acids is 1. The zero-order chi connectivity index (χ0) is 18.8. The van der Waals surface area contributed by atoms with Crippen LogP contribution in [0.25, 0.3) is 10.8 Å². The van der Waals surface area contributed by atoms with E-state index >= 15 is 0 Å². The molecule has 1 amide bonds. The Morgan fingerprint density at radius 3 is 2.52 bits per heavy atom. The van der Waals surface area contributed by atoms with Crippen LogP contribution in [0.4, 0.5) is 4.39 Å². The Morgan fingerprint density at radius 2 is 1.78 bits per heavy atom. The first-order valence-electron chi connectivity index (χ1n) is 8.65. The summed E-state index contributed by atoms with van der Waals surface area (Å²) >= 11 is 0. The number of halogens is 1. The minimum absolute atomic E-state index is 0.281. The van der Waals surface area contributed by atoms with Gasteiger partial charge in [0.1, 0.15) is 17.7 Å². The first kappa shape index (κ1) is 17.0. The number of amides is 1. The van der Waals surface area contributed by atoms with Gasteiger partial charge >= 0.3 is 0 Å². The molecular weight excluding hydrogens is 341 g/mol. The van der Waals surface area contributed by atoms with Crippen LogP contribution in [0.15, 0.2) is 79.1 Å². The molecule has 1 aromatic heterocycles. The minimum atomic E-state index is -0.690. The molecule has 0 aliphatic rings. The van der Waals surface area contributed by atoms with Gasteiger partial charge in [-0.2, -0.15) is 0 Å². The first-order chi connectivity index (χ1) is 13.1. The number of rotatable bonds is 4. The van der Waals surface area contributed by atoms with E-state index in [2.05, 4.69) is 10.3 Å². The number of aryl methyl sites for hydroxylation is 1. The predicted molar refractivity (Wildman–Crippen MR) is 103 cm³/mol. The molecule has 0 bridgehead atoms. The maximum atomic E-state index is 14.4. The molecule has 27 heavy (non-hydrogen) atoms. The average Bonchev–Trinajstić information content (AvgIpc) is 3.12. The van der Waals surface area contributed by atoms with Gasteiger partial charge in [-0.15, -0.1) is 0 Å². The van der Waals surface area contributed by atoms with Gasteiger partial charge in [0, 0.05) is 30.6 Å². The fraction of sp³-hybridized carbons (Fsp3) is 0.0909. The fourth-order valence-corrected chi connectivity index (χ4v) is 3.19. The van der Waals surface area contributed by atoms with Crippen molar-refractivity contribution < 1.29 is 9.18 Å². The molecule has 0 unspecified atom stereocenters. The molecule has 5 heteroatoms. The van der Waals surface area contributed by atoms with Gasteiger partial charge in [0.25, 0.3) is 5.91 Å². The lowest BCUT2D eigenvalue weighted by Gasteiger charge is -2.20. The molecule has 134 valence electrons. The summed E-state index contributed by atoms with van der Waals surface area (Å²) in [6.07, 6.45) is 3.40. The summed E-state index contributed by atoms with van der Waals surface area (Å²) in [6, 6.07) is 19.1. The Morgan fingerprint density at radius 1 is 1.04 bits per heavy atom. The van der Waals surface area contributed by atoms with Gasteiger partial charge in [-0.25, -0.2) is 9.37 Å². The zero-order valence-electron chi connectivity index (χ0n) is 14.8. The van der Waals surface area contributed by atoms with Crippen LogP contribution in [0, 0.1) is 5.82 Å². The number of fused-ring (bicyclic) bond motifs is 1. The van der Waals surface area contributed by atoms with Gasteiger partial charge in [0.15, 0.2) is 0 Å². The van der Waals surface area contributed by atoms with E-state index < -0.39 is 6.04 Å². The van der Waals surface area contributed by atoms with Crippen molar-refractivity contribution in [2.75, 3.05) is 0 Å². The van der Waals surface area contributed by atoms with Crippen LogP contribution in [-0.2, 0) is 7.05 Å². The number of imidazole rings is 1. The highest BCUT2D eigenvalue weighted by molar-refractivity contribution is 5.98. The minimum Gasteiger partial charge on any atom is -0.338 e. The Bertz CT molecular complexity index is 1120. The summed E-state index contributed by atoms with van der Waals surface area (Å²) in [7, 11) is 1.82. The second-order valence-corrected chi connectivity index (χ2v) is 6.39. The molecule has 0 aliphatic heterocycles. The van der Waals surface area contributed by atoms with Crippen LogP contribution in [0.3, 0.4) is 0 Å². The van der Waals surface area contributed by atoms with Crippen molar-refractivity contribution in [3.63, 3.8) is 0 Å². The SMILES string of the molecule is Cn1ccnc1[C@H](NC(=O)c1ccc2ccccc2c1)c1ccccc1F. The molecule has 4 nitrogen and oxygen atoms in total. The highest BCUT2D eigenvalue weighted by Crippen LogP contribution is 2.24. The van der Waals surface area contributed by atoms with Gasteiger partial charge in [0.05, 0.1) is 0 Å². The van der Waals surface area contributed by atoms with Crippen molar-refractivity contribution in [3.8, 4) is 0 Å². The Labute approximate surface area is 156 Å². The van der Waals surface area contributed by atoms with Gasteiger partial charge in [-0.05, 0) is 29.0 Å². The summed E-state index contributed by atoms with van der Waals surface area (Å²) < 4.78 is 16.2. The summed E-state index contributed by atoms with van der Waals surface area (Å²) in [5.41, 5.74) is 0.894. The number of carbonyl (C=O) groups is 1. The average molecular weight is 359 g/mol. The van der Waals surface area contributed by atoms with Gasteiger partial charge in [0.2, 0.25) is 0 Å². The Hall–Kier alpha value is -3.47. The van der Waals surface area contributed by atoms with Crippen LogP contribution >= 0.6 is 0 Å². The molecule has 0 saturated carbocycles. The van der Waals surface area contributed by atoms with E-state index in [0.29, 0.717) is 17.0 Å². The zero-order valence-corrected chi connectivity index (χ0v) is 14.8. The third-order valence-electron chi connectivity index (χ3n) is 4.62. The normalized spacial score (nSPS) is 12.1. The van der Waals surface area contributed by atoms with E-state index in [1.807, 2.05) is 43.4 Å². The largest absolute Gasteiger partial charge is 0.338 e. The fourth-order valence-electron chi connectivity index (χ4n) is 3.19. The second kappa shape index (κ2) is 7.03. The Kier molecular flexibility index (Phi) is 4.42. The number of hydrogen-bond donors (Lipinski definition) is 1. The highest BCUT2D eigenvalue weighted by Gasteiger charge is 2.24. The molecule has 0 fully saturated rings. The third-order valence-corrected chi connectivity index (χ3v) is 4.62. The molecule has 0 saturated heterocycles. The predicted octanol–water partition coefficient (Wildman–Crippen LogP) is 4.23. The Balaban J connectivity index is 1.71. The van der Waals surface area contributed by atoms with Gasteiger partial charge < -0.3 is 9.88 Å². The lowest BCUT2D eigenvalue weighted by atomic mass is 10.0. The van der Waals surface area contributed by atoms with Crippen molar-refractivity contribution in [1.82, 2.24) is 14.9 Å². The summed E-state index contributed by atoms with van der Waals surface area (Å²) in [5, 5.41) is 4.97. The van der Waals surface area contributed by atoms with E-state index in [0.717, 1.165) is 10.8 Å². The van der Waals surface area contributed by atoms with E-state index in [1.54, 1.807) is 41.2 Å². The van der Waals surface area contributed by atoms with Crippen molar-refractivity contribution in [2.45, 2.75) is 6.04 Å². The number of aromatic nitrogens is 2. The van der Waals surface area contributed by atoms with Crippen LogP contribution in [-0.4, -0.2) is 15.5 Å². The van der Waals surface area contributed by atoms with E-state index in [1.165, 1.54) is 6.07 Å². The molecular formula is C22H18FN3O. The molecule has 1 heterocycles. The first-order valence-corrected chi connectivity index (χ1v) is 8.65. The molecule has 1 atom stereocenters. The van der Waals surface area contributed by atoms with Crippen LogP contribution < -0.4 is 5.32 Å². The van der Waals surface area contributed by atoms with E-state index in [-0.39, 0.29) is 11.7 Å². The molecule has 3 aromatic carbocycles. The van der Waals surface area contributed by atoms with Crippen molar-refractivity contribution >= 4 is 16.7 Å². The van der Waals surface area contributed by atoms with E-state index in [4.69, 9.17) is 0 Å². The number of benzene rings is 3. The number of nitrogens with one attached hydrogen (secondary N) is 1.